The third-order valence-corrected chi connectivity index (χ3v) is 16.1. The summed E-state index contributed by atoms with van der Waals surface area (Å²) in [5.41, 5.74) is 1.22. The van der Waals surface area contributed by atoms with Crippen LogP contribution in [0, 0.1) is 52.3 Å². The Morgan fingerprint density at radius 1 is 0.750 bits per heavy atom. The van der Waals surface area contributed by atoms with Gasteiger partial charge in [-0.25, -0.2) is 14.4 Å². The van der Waals surface area contributed by atoms with Crippen molar-refractivity contribution < 1.29 is 35.7 Å². The fourth-order valence-electron chi connectivity index (χ4n) is 12.7. The molecule has 2 N–H and O–H groups in total. The average Bonchev–Trinajstić information content (AvgIpc) is 3.57. The van der Waals surface area contributed by atoms with E-state index in [1.165, 1.54) is 64.2 Å². The van der Waals surface area contributed by atoms with Crippen LogP contribution < -0.4 is 10.6 Å². The predicted molar refractivity (Wildman–Crippen MR) is 276 cm³/mol. The third kappa shape index (κ3) is 17.0. The van der Waals surface area contributed by atoms with Gasteiger partial charge in [0.1, 0.15) is 17.3 Å². The quantitative estimate of drug-likeness (QED) is 0.0637. The minimum absolute atomic E-state index is 0. The summed E-state index contributed by atoms with van der Waals surface area (Å²) in [7, 11) is 0. The van der Waals surface area contributed by atoms with E-state index < -0.39 is 17.3 Å². The number of amides is 3. The average molecular weight is 911 g/mol. The minimum atomic E-state index is -0.551. The van der Waals surface area contributed by atoms with Crippen molar-refractivity contribution in [1.82, 2.24) is 15.5 Å². The van der Waals surface area contributed by atoms with Crippen molar-refractivity contribution in [1.29, 1.82) is 0 Å². The zero-order valence-electron chi connectivity index (χ0n) is 44.1. The molecule has 0 saturated heterocycles. The summed E-state index contributed by atoms with van der Waals surface area (Å²) in [6.45, 7) is 32.5. The van der Waals surface area contributed by atoms with E-state index >= 15 is 0 Å². The van der Waals surface area contributed by atoms with Crippen LogP contribution >= 0.6 is 0 Å². The number of carbonyl (C=O) groups excluding carboxylic acids is 3. The summed E-state index contributed by atoms with van der Waals surface area (Å²) in [5.74, 6) is 5.69. The molecule has 9 heteroatoms. The second-order valence-electron chi connectivity index (χ2n) is 23.2. The molecule has 0 aliphatic heterocycles. The molecular formula is C55H111N3O6. The Balaban J connectivity index is -0.00000614. The molecule has 3 amide bonds. The van der Waals surface area contributed by atoms with Crippen molar-refractivity contribution >= 4 is 18.3 Å². The van der Waals surface area contributed by atoms with Gasteiger partial charge in [0.2, 0.25) is 0 Å². The molecule has 0 spiro atoms. The monoisotopic (exact) mass is 910 g/mol. The molecule has 382 valence electrons. The first-order valence-corrected chi connectivity index (χ1v) is 26.8. The van der Waals surface area contributed by atoms with Crippen molar-refractivity contribution in [3.63, 3.8) is 0 Å². The van der Waals surface area contributed by atoms with E-state index in [1.54, 1.807) is 5.57 Å². The van der Waals surface area contributed by atoms with E-state index in [2.05, 4.69) is 58.3 Å². The molecule has 0 aromatic heterocycles. The zero-order chi connectivity index (χ0) is 47.7. The van der Waals surface area contributed by atoms with Crippen LogP contribution in [-0.2, 0) is 14.2 Å². The van der Waals surface area contributed by atoms with Gasteiger partial charge in [0.05, 0.1) is 0 Å². The number of hydrogen-bond acceptors (Lipinski definition) is 6. The fraction of sp³-hybridized carbons (Fsp3) is 0.909. The van der Waals surface area contributed by atoms with E-state index in [-0.39, 0.29) is 30.8 Å². The molecule has 9 nitrogen and oxygen atoms in total. The van der Waals surface area contributed by atoms with Gasteiger partial charge in [-0.3, -0.25) is 0 Å². The topological polar surface area (TPSA) is 106 Å². The first kappa shape index (κ1) is 55.9. The molecule has 0 aromatic rings. The molecule has 3 unspecified atom stereocenters. The molecule has 3 fully saturated rings. The van der Waals surface area contributed by atoms with Crippen LogP contribution in [0.5, 0.6) is 0 Å². The highest BCUT2D eigenvalue weighted by atomic mass is 16.6. The molecular weight excluding hydrogens is 799 g/mol. The highest BCUT2D eigenvalue weighted by Crippen LogP contribution is 2.67. The number of allylic oxidation sites excluding steroid dienone is 1. The number of fused-ring (bicyclic) bond motifs is 5. The van der Waals surface area contributed by atoms with Gasteiger partial charge < -0.3 is 29.7 Å². The van der Waals surface area contributed by atoms with Crippen molar-refractivity contribution in [3.05, 3.63) is 11.6 Å². The lowest BCUT2D eigenvalue weighted by Crippen LogP contribution is -2.51. The highest BCUT2D eigenvalue weighted by Gasteiger charge is 2.59. The number of nitrogens with zero attached hydrogens (tertiary/aromatic N) is 1. The van der Waals surface area contributed by atoms with Gasteiger partial charge in [0.25, 0.3) is 0 Å². The Morgan fingerprint density at radius 2 is 1.31 bits per heavy atom. The van der Waals surface area contributed by atoms with Crippen LogP contribution in [0.2, 0.25) is 0 Å². The van der Waals surface area contributed by atoms with Gasteiger partial charge >= 0.3 is 18.3 Å². The second-order valence-corrected chi connectivity index (χ2v) is 23.2. The first-order chi connectivity index (χ1) is 30.2. The molecule has 3 saturated carbocycles. The van der Waals surface area contributed by atoms with Crippen LogP contribution in [0.25, 0.3) is 0 Å². The van der Waals surface area contributed by atoms with Gasteiger partial charge in [-0.2, -0.15) is 0 Å². The normalized spacial score (nSPS) is 27.4. The van der Waals surface area contributed by atoms with Crippen LogP contribution in [0.4, 0.5) is 14.4 Å². The highest BCUT2D eigenvalue weighted by molar-refractivity contribution is 5.68. The van der Waals surface area contributed by atoms with E-state index in [0.29, 0.717) is 38.0 Å². The molecule has 0 heterocycles. The summed E-state index contributed by atoms with van der Waals surface area (Å²) in [5, 5.41) is 5.71. The Morgan fingerprint density at radius 3 is 1.89 bits per heavy atom. The lowest BCUT2D eigenvalue weighted by molar-refractivity contribution is -0.0595. The lowest BCUT2D eigenvalue weighted by atomic mass is 9.47. The summed E-state index contributed by atoms with van der Waals surface area (Å²) in [6.07, 6.45) is 24.6. The molecule has 64 heavy (non-hydrogen) atoms. The Kier molecular flexibility index (Phi) is 22.9. The van der Waals surface area contributed by atoms with Gasteiger partial charge in [0.15, 0.2) is 0 Å². The van der Waals surface area contributed by atoms with Crippen molar-refractivity contribution in [3.8, 4) is 0 Å². The van der Waals surface area contributed by atoms with E-state index in [4.69, 9.17) is 14.2 Å². The Hall–Kier alpha value is -2.45. The SMILES string of the molecule is CC.CC[C@H](CC[C@@H](C)C1CCC2[C@@H]3CC=C4C[C@@H](OC(=O)N(CCCCCCCCCCNC(=O)OC(C)(C)C)CCCNC(=O)OC(C)(C)C)CC[C@]4(C)C3CC[C@@]21C)C(C)C.[HH].[HH].[HH].[HH].[HH]. The van der Waals surface area contributed by atoms with Crippen LogP contribution in [0.3, 0.4) is 0 Å². The lowest BCUT2D eigenvalue weighted by Gasteiger charge is -2.58. The van der Waals surface area contributed by atoms with Crippen LogP contribution in [0.1, 0.15) is 232 Å². The number of nitrogens with one attached hydrogen (secondary N) is 2. The number of carbonyl (C=O) groups is 3. The number of hydrogen-bond donors (Lipinski definition) is 2. The molecule has 4 aliphatic rings. The maximum Gasteiger partial charge on any atom is 0.410 e. The smallest absolute Gasteiger partial charge is 0.410 e. The van der Waals surface area contributed by atoms with Crippen molar-refractivity contribution in [2.75, 3.05) is 26.2 Å². The molecule has 0 aromatic carbocycles. The third-order valence-electron chi connectivity index (χ3n) is 16.1. The maximum absolute atomic E-state index is 13.9. The van der Waals surface area contributed by atoms with Gasteiger partial charge in [-0.1, -0.05) is 118 Å². The molecule has 9 atom stereocenters. The number of ether oxygens (including phenoxy) is 3. The summed E-state index contributed by atoms with van der Waals surface area (Å²) >= 11 is 0. The number of unbranched alkanes of at least 4 members (excludes halogenated alkanes) is 7. The molecule has 4 aliphatic carbocycles. The number of rotatable bonds is 22. The van der Waals surface area contributed by atoms with E-state index in [1.807, 2.05) is 60.3 Å². The first-order valence-electron chi connectivity index (χ1n) is 26.8. The Bertz CT molecular complexity index is 1460. The van der Waals surface area contributed by atoms with Gasteiger partial charge in [-0.15, -0.1) is 0 Å². The van der Waals surface area contributed by atoms with Crippen molar-refractivity contribution in [2.45, 2.75) is 243 Å². The van der Waals surface area contributed by atoms with Crippen molar-refractivity contribution in [2.24, 2.45) is 52.3 Å². The second kappa shape index (κ2) is 26.2. The summed E-state index contributed by atoms with van der Waals surface area (Å²) < 4.78 is 17.1. The number of alkyl carbamates (subject to hydrolysis) is 2. The van der Waals surface area contributed by atoms with Crippen LogP contribution in [-0.4, -0.2) is 66.7 Å². The van der Waals surface area contributed by atoms with Gasteiger partial charge in [-0.05, 0) is 164 Å². The molecule has 0 bridgehead atoms. The zero-order valence-corrected chi connectivity index (χ0v) is 44.1. The standard InChI is InChI=1S/C53H95N3O6.C2H6.5H2/c1-13-40(38(2)3)24-23-39(4)44-27-28-45-43-26-25-41-37-42(29-31-52(41,11)46(43)30-32-53(44,45)12)60-49(59)56(36-22-34-55-48(58)62-51(8,9)10)35-21-19-17-15-14-16-18-20-33-54-47(57)61-50(5,6)7;1-2;;;;;/h25,38-40,42-46H,13-24,26-37H2,1-12H3,(H,54,57)(H,55,58);1-2H3;5*1H/t39-,40-,42+,43+,44?,45?,46?,52+,53-;;;;;;/m1....../s1. The largest absolute Gasteiger partial charge is 0.446 e. The van der Waals surface area contributed by atoms with E-state index in [0.717, 1.165) is 99.2 Å². The van der Waals surface area contributed by atoms with Gasteiger partial charge in [0, 0.05) is 39.7 Å². The fourth-order valence-corrected chi connectivity index (χ4v) is 12.7. The summed E-state index contributed by atoms with van der Waals surface area (Å²) in [4.78, 5) is 39.9. The van der Waals surface area contributed by atoms with Crippen LogP contribution in [0.15, 0.2) is 11.6 Å². The maximum atomic E-state index is 13.9. The predicted octanol–water partition coefficient (Wildman–Crippen LogP) is 16.3. The summed E-state index contributed by atoms with van der Waals surface area (Å²) in [6, 6.07) is 0. The molecule has 0 radical (unpaired) electrons. The van der Waals surface area contributed by atoms with E-state index in [9.17, 15) is 14.4 Å². The molecule has 4 rings (SSSR count). The minimum Gasteiger partial charge on any atom is -0.446 e. The Labute approximate surface area is 401 Å².